The maximum atomic E-state index is 12.3. The van der Waals surface area contributed by atoms with Gasteiger partial charge in [0.15, 0.2) is 5.76 Å². The lowest BCUT2D eigenvalue weighted by Gasteiger charge is -2.36. The highest BCUT2D eigenvalue weighted by Crippen LogP contribution is 2.36. The number of hydrogen-bond donors (Lipinski definition) is 2. The van der Waals surface area contributed by atoms with Crippen molar-refractivity contribution in [2.24, 2.45) is 0 Å². The van der Waals surface area contributed by atoms with E-state index in [4.69, 9.17) is 14.5 Å². The van der Waals surface area contributed by atoms with E-state index in [-0.39, 0.29) is 13.2 Å². The first-order valence-electron chi connectivity index (χ1n) is 10.6. The lowest BCUT2D eigenvalue weighted by Crippen LogP contribution is -2.53. The smallest absolute Gasteiger partial charge is 0.312 e. The molecule has 1 aliphatic carbocycles. The van der Waals surface area contributed by atoms with Crippen molar-refractivity contribution in [3.05, 3.63) is 35.1 Å². The number of furan rings is 1. The van der Waals surface area contributed by atoms with Crippen LogP contribution in [-0.2, 0) is 22.4 Å². The summed E-state index contributed by atoms with van der Waals surface area (Å²) in [6, 6.07) is 6.08. The maximum absolute atomic E-state index is 12.3. The number of carbonyl (C=O) groups is 2. The minimum absolute atomic E-state index is 0.0463. The Bertz CT molecular complexity index is 1000. The molecule has 2 amide bonds. The summed E-state index contributed by atoms with van der Waals surface area (Å²) in [6.07, 6.45) is 5.43. The number of carbonyl (C=O) groups excluding carboxylic acids is 2. The predicted octanol–water partition coefficient (Wildman–Crippen LogP) is 0.849. The van der Waals surface area contributed by atoms with Gasteiger partial charge in [0.25, 0.3) is 0 Å². The van der Waals surface area contributed by atoms with E-state index in [1.807, 2.05) is 17.0 Å². The Morgan fingerprint density at radius 3 is 2.58 bits per heavy atom. The van der Waals surface area contributed by atoms with Crippen molar-refractivity contribution in [3.8, 4) is 17.5 Å². The van der Waals surface area contributed by atoms with Crippen LogP contribution >= 0.6 is 0 Å². The molecule has 2 aromatic heterocycles. The van der Waals surface area contributed by atoms with Gasteiger partial charge in [-0.15, -0.1) is 0 Å². The minimum atomic E-state index is -0.716. The molecule has 4 rings (SSSR count). The van der Waals surface area contributed by atoms with Gasteiger partial charge < -0.3 is 24.6 Å². The molecule has 9 nitrogen and oxygen atoms in total. The van der Waals surface area contributed by atoms with Crippen LogP contribution in [-0.4, -0.2) is 66.1 Å². The second-order valence-corrected chi connectivity index (χ2v) is 7.67. The van der Waals surface area contributed by atoms with Crippen LogP contribution in [0.1, 0.15) is 29.5 Å². The molecule has 1 fully saturated rings. The molecule has 2 aliphatic rings. The monoisotopic (exact) mass is 423 g/mol. The lowest BCUT2D eigenvalue weighted by molar-refractivity contribution is -0.146. The van der Waals surface area contributed by atoms with Crippen LogP contribution in [0.4, 0.5) is 5.82 Å². The average Bonchev–Trinajstić information content (AvgIpc) is 3.36. The lowest BCUT2D eigenvalue weighted by atomic mass is 9.87. The molecule has 3 heterocycles. The summed E-state index contributed by atoms with van der Waals surface area (Å²) in [6.45, 7) is 1.47. The summed E-state index contributed by atoms with van der Waals surface area (Å²) >= 11 is 0. The molecule has 0 atom stereocenters. The molecule has 1 aliphatic heterocycles. The van der Waals surface area contributed by atoms with Gasteiger partial charge in [-0.2, -0.15) is 5.26 Å². The van der Waals surface area contributed by atoms with E-state index in [1.165, 1.54) is 4.90 Å². The standard InChI is InChI=1S/C22H25N5O4/c23-14-17-15-4-1-2-5-16(15)19(18-6-3-13-31-18)25-20(17)26-8-10-27(11-9-26)22(30)21(29)24-7-12-28/h3,6,13,28H,1-2,4-5,7-12H2,(H,24,29). The normalized spacial score (nSPS) is 15.9. The first-order valence-corrected chi connectivity index (χ1v) is 10.6. The van der Waals surface area contributed by atoms with E-state index in [2.05, 4.69) is 11.4 Å². The van der Waals surface area contributed by atoms with Crippen LogP contribution in [0, 0.1) is 11.3 Å². The Balaban J connectivity index is 1.59. The number of nitrogens with zero attached hydrogens (tertiary/aromatic N) is 4. The number of rotatable bonds is 4. The average molecular weight is 423 g/mol. The van der Waals surface area contributed by atoms with Gasteiger partial charge in [-0.3, -0.25) is 9.59 Å². The molecule has 0 bridgehead atoms. The van der Waals surface area contributed by atoms with Crippen molar-refractivity contribution >= 4 is 17.6 Å². The number of aliphatic hydroxyl groups is 1. The topological polar surface area (TPSA) is 123 Å². The Labute approximate surface area is 180 Å². The van der Waals surface area contributed by atoms with Crippen LogP contribution in [0.15, 0.2) is 22.8 Å². The number of amides is 2. The van der Waals surface area contributed by atoms with E-state index in [9.17, 15) is 14.9 Å². The van der Waals surface area contributed by atoms with E-state index in [1.54, 1.807) is 6.26 Å². The third-order valence-corrected chi connectivity index (χ3v) is 5.82. The molecule has 1 saturated heterocycles. The van der Waals surface area contributed by atoms with Crippen LogP contribution in [0.5, 0.6) is 0 Å². The number of nitrogens with one attached hydrogen (secondary N) is 1. The van der Waals surface area contributed by atoms with Crippen molar-refractivity contribution in [2.45, 2.75) is 25.7 Å². The number of anilines is 1. The van der Waals surface area contributed by atoms with E-state index in [0.29, 0.717) is 43.3 Å². The second-order valence-electron chi connectivity index (χ2n) is 7.67. The van der Waals surface area contributed by atoms with Crippen LogP contribution in [0.2, 0.25) is 0 Å². The Morgan fingerprint density at radius 2 is 1.94 bits per heavy atom. The third kappa shape index (κ3) is 4.11. The van der Waals surface area contributed by atoms with Crippen molar-refractivity contribution < 1.29 is 19.1 Å². The van der Waals surface area contributed by atoms with Crippen molar-refractivity contribution in [1.82, 2.24) is 15.2 Å². The number of nitriles is 1. The Kier molecular flexibility index (Phi) is 6.18. The van der Waals surface area contributed by atoms with Gasteiger partial charge in [0.05, 0.1) is 18.4 Å². The first kappa shape index (κ1) is 20.9. The van der Waals surface area contributed by atoms with Gasteiger partial charge in [0, 0.05) is 32.7 Å². The van der Waals surface area contributed by atoms with Crippen LogP contribution in [0.25, 0.3) is 11.5 Å². The Hall–Kier alpha value is -3.38. The first-order chi connectivity index (χ1) is 15.1. The minimum Gasteiger partial charge on any atom is -0.463 e. The molecule has 2 N–H and O–H groups in total. The van der Waals surface area contributed by atoms with Gasteiger partial charge in [-0.05, 0) is 48.9 Å². The fraction of sp³-hybridized carbons (Fsp3) is 0.455. The molecule has 31 heavy (non-hydrogen) atoms. The quantitative estimate of drug-likeness (QED) is 0.699. The predicted molar refractivity (Wildman–Crippen MR) is 112 cm³/mol. The summed E-state index contributed by atoms with van der Waals surface area (Å²) in [4.78, 5) is 32.6. The SMILES string of the molecule is N#Cc1c(N2CCN(C(=O)C(=O)NCCO)CC2)nc(-c2ccco2)c2c1CCCC2. The molecular weight excluding hydrogens is 398 g/mol. The number of piperazine rings is 1. The molecular formula is C22H25N5O4. The molecule has 0 spiro atoms. The fourth-order valence-electron chi connectivity index (χ4n) is 4.28. The summed E-state index contributed by atoms with van der Waals surface area (Å²) in [5.74, 6) is -0.0138. The zero-order valence-corrected chi connectivity index (χ0v) is 17.3. The second kappa shape index (κ2) is 9.18. The molecule has 0 unspecified atom stereocenters. The number of aromatic nitrogens is 1. The third-order valence-electron chi connectivity index (χ3n) is 5.82. The van der Waals surface area contributed by atoms with Crippen LogP contribution < -0.4 is 10.2 Å². The summed E-state index contributed by atoms with van der Waals surface area (Å²) in [5.41, 5.74) is 3.53. The molecule has 2 aromatic rings. The fourth-order valence-corrected chi connectivity index (χ4v) is 4.28. The largest absolute Gasteiger partial charge is 0.463 e. The molecule has 0 radical (unpaired) electrons. The molecule has 9 heteroatoms. The molecule has 0 aromatic carbocycles. The van der Waals surface area contributed by atoms with Gasteiger partial charge in [0.2, 0.25) is 0 Å². The molecule has 0 saturated carbocycles. The highest BCUT2D eigenvalue weighted by molar-refractivity contribution is 6.35. The van der Waals surface area contributed by atoms with Gasteiger partial charge in [-0.1, -0.05) is 0 Å². The van der Waals surface area contributed by atoms with Crippen LogP contribution in [0.3, 0.4) is 0 Å². The highest BCUT2D eigenvalue weighted by Gasteiger charge is 2.30. The van der Waals surface area contributed by atoms with Crippen molar-refractivity contribution in [2.75, 3.05) is 44.2 Å². The van der Waals surface area contributed by atoms with E-state index < -0.39 is 11.8 Å². The summed E-state index contributed by atoms with van der Waals surface area (Å²) in [5, 5.41) is 21.1. The van der Waals surface area contributed by atoms with Crippen molar-refractivity contribution in [1.29, 1.82) is 5.26 Å². The Morgan fingerprint density at radius 1 is 1.19 bits per heavy atom. The van der Waals surface area contributed by atoms with Crippen molar-refractivity contribution in [3.63, 3.8) is 0 Å². The van der Waals surface area contributed by atoms with E-state index >= 15 is 0 Å². The van der Waals surface area contributed by atoms with E-state index in [0.717, 1.165) is 42.5 Å². The maximum Gasteiger partial charge on any atom is 0.312 e. The highest BCUT2D eigenvalue weighted by atomic mass is 16.3. The summed E-state index contributed by atoms with van der Waals surface area (Å²) < 4.78 is 5.63. The molecule has 162 valence electrons. The summed E-state index contributed by atoms with van der Waals surface area (Å²) in [7, 11) is 0. The number of hydrogen-bond acceptors (Lipinski definition) is 7. The van der Waals surface area contributed by atoms with Gasteiger partial charge >= 0.3 is 11.8 Å². The zero-order valence-electron chi connectivity index (χ0n) is 17.3. The zero-order chi connectivity index (χ0) is 21.8. The van der Waals surface area contributed by atoms with Gasteiger partial charge in [-0.25, -0.2) is 4.98 Å². The number of aliphatic hydroxyl groups excluding tert-OH is 1. The number of pyridine rings is 1. The number of fused-ring (bicyclic) bond motifs is 1. The van der Waals surface area contributed by atoms with Gasteiger partial charge in [0.1, 0.15) is 17.6 Å².